The molecule has 188 valence electrons. The molecule has 1 fully saturated rings. The Kier molecular flexibility index (Phi) is 7.88. The molecule has 36 heavy (non-hydrogen) atoms. The molecule has 0 radical (unpaired) electrons. The van der Waals surface area contributed by atoms with Crippen molar-refractivity contribution in [2.24, 2.45) is 0 Å². The normalized spacial score (nSPS) is 13.8. The molecule has 1 saturated heterocycles. The largest absolute Gasteiger partial charge is 0.497 e. The van der Waals surface area contributed by atoms with E-state index >= 15 is 0 Å². The van der Waals surface area contributed by atoms with Crippen LogP contribution >= 0.6 is 0 Å². The third kappa shape index (κ3) is 5.85. The SMILES string of the molecule is COc1cc(OC)cc(C(=O)N2CCC(c3nc(C)ccc3C(=O)NCc3ccc(C)cc3)CC2)c1. The van der Waals surface area contributed by atoms with Crippen LogP contribution in [0.5, 0.6) is 11.5 Å². The number of likely N-dealkylation sites (tertiary alicyclic amines) is 1. The van der Waals surface area contributed by atoms with Gasteiger partial charge in [0.25, 0.3) is 11.8 Å². The third-order valence-corrected chi connectivity index (χ3v) is 6.65. The molecule has 0 unspecified atom stereocenters. The second-order valence-corrected chi connectivity index (χ2v) is 9.22. The molecule has 1 aromatic heterocycles. The molecule has 1 N–H and O–H groups in total. The number of benzene rings is 2. The monoisotopic (exact) mass is 487 g/mol. The first-order chi connectivity index (χ1) is 17.4. The summed E-state index contributed by atoms with van der Waals surface area (Å²) in [4.78, 5) is 32.9. The summed E-state index contributed by atoms with van der Waals surface area (Å²) >= 11 is 0. The fourth-order valence-corrected chi connectivity index (χ4v) is 4.53. The van der Waals surface area contributed by atoms with E-state index in [0.717, 1.165) is 29.8 Å². The van der Waals surface area contributed by atoms with Gasteiger partial charge in [-0.25, -0.2) is 0 Å². The summed E-state index contributed by atoms with van der Waals surface area (Å²) in [7, 11) is 3.13. The number of ether oxygens (including phenoxy) is 2. The molecule has 0 atom stereocenters. The summed E-state index contributed by atoms with van der Waals surface area (Å²) in [6.07, 6.45) is 1.48. The number of aromatic nitrogens is 1. The predicted octanol–water partition coefficient (Wildman–Crippen LogP) is 4.67. The highest BCUT2D eigenvalue weighted by Gasteiger charge is 2.28. The summed E-state index contributed by atoms with van der Waals surface area (Å²) in [5, 5.41) is 3.04. The van der Waals surface area contributed by atoms with Crippen molar-refractivity contribution >= 4 is 11.8 Å². The smallest absolute Gasteiger partial charge is 0.254 e. The first kappa shape index (κ1) is 25.2. The van der Waals surface area contributed by atoms with Crippen LogP contribution in [0.15, 0.2) is 54.6 Å². The van der Waals surface area contributed by atoms with Gasteiger partial charge in [-0.2, -0.15) is 0 Å². The van der Waals surface area contributed by atoms with Gasteiger partial charge in [0.05, 0.1) is 25.5 Å². The van der Waals surface area contributed by atoms with Crippen LogP contribution in [0.4, 0.5) is 0 Å². The molecular formula is C29H33N3O4. The maximum atomic E-state index is 13.2. The standard InChI is InChI=1S/C29H33N3O4/c1-19-5-8-21(9-6-19)18-30-28(33)26-10-7-20(2)31-27(26)22-11-13-32(14-12-22)29(34)23-15-24(35-3)17-25(16-23)36-4/h5-10,15-17,22H,11-14,18H2,1-4H3,(H,30,33). The molecule has 0 bridgehead atoms. The van der Waals surface area contributed by atoms with Crippen LogP contribution in [0.2, 0.25) is 0 Å². The lowest BCUT2D eigenvalue weighted by Gasteiger charge is -2.32. The maximum Gasteiger partial charge on any atom is 0.254 e. The van der Waals surface area contributed by atoms with Crippen LogP contribution in [0, 0.1) is 13.8 Å². The van der Waals surface area contributed by atoms with E-state index in [4.69, 9.17) is 14.5 Å². The molecule has 1 aliphatic heterocycles. The third-order valence-electron chi connectivity index (χ3n) is 6.65. The number of hydrogen-bond donors (Lipinski definition) is 1. The van der Waals surface area contributed by atoms with Crippen molar-refractivity contribution in [1.29, 1.82) is 0 Å². The lowest BCUT2D eigenvalue weighted by molar-refractivity contribution is 0.0709. The zero-order chi connectivity index (χ0) is 25.7. The number of rotatable bonds is 7. The highest BCUT2D eigenvalue weighted by molar-refractivity contribution is 5.96. The number of methoxy groups -OCH3 is 2. The Hall–Kier alpha value is -3.87. The Morgan fingerprint density at radius 3 is 2.19 bits per heavy atom. The molecule has 2 heterocycles. The van der Waals surface area contributed by atoms with Crippen LogP contribution in [0.1, 0.15) is 62.0 Å². The lowest BCUT2D eigenvalue weighted by Crippen LogP contribution is -2.38. The summed E-state index contributed by atoms with van der Waals surface area (Å²) in [6, 6.07) is 17.1. The summed E-state index contributed by atoms with van der Waals surface area (Å²) in [5.41, 5.74) is 5.07. The van der Waals surface area contributed by atoms with Crippen LogP contribution in [0.25, 0.3) is 0 Å². The zero-order valence-corrected chi connectivity index (χ0v) is 21.3. The number of pyridine rings is 1. The zero-order valence-electron chi connectivity index (χ0n) is 21.3. The number of carbonyl (C=O) groups is 2. The highest BCUT2D eigenvalue weighted by Crippen LogP contribution is 2.31. The van der Waals surface area contributed by atoms with Gasteiger partial charge >= 0.3 is 0 Å². The first-order valence-electron chi connectivity index (χ1n) is 12.2. The van der Waals surface area contributed by atoms with Crippen molar-refractivity contribution in [3.63, 3.8) is 0 Å². The molecule has 0 aliphatic carbocycles. The highest BCUT2D eigenvalue weighted by atomic mass is 16.5. The number of nitrogens with zero attached hydrogens (tertiary/aromatic N) is 2. The van der Waals surface area contributed by atoms with Gasteiger partial charge in [0.15, 0.2) is 0 Å². The van der Waals surface area contributed by atoms with Crippen molar-refractivity contribution in [1.82, 2.24) is 15.2 Å². The van der Waals surface area contributed by atoms with Crippen molar-refractivity contribution in [3.05, 3.63) is 88.2 Å². The summed E-state index contributed by atoms with van der Waals surface area (Å²) in [5.74, 6) is 1.09. The Labute approximate surface area is 212 Å². The Bertz CT molecular complexity index is 1210. The number of hydrogen-bond acceptors (Lipinski definition) is 5. The average molecular weight is 488 g/mol. The van der Waals surface area contributed by atoms with Crippen molar-refractivity contribution in [2.75, 3.05) is 27.3 Å². The van der Waals surface area contributed by atoms with E-state index in [1.54, 1.807) is 32.4 Å². The minimum atomic E-state index is -0.125. The molecule has 7 heteroatoms. The molecule has 0 saturated carbocycles. The van der Waals surface area contributed by atoms with E-state index in [2.05, 4.69) is 5.32 Å². The molecule has 2 amide bonds. The molecular weight excluding hydrogens is 454 g/mol. The molecule has 3 aromatic rings. The van der Waals surface area contributed by atoms with Crippen molar-refractivity contribution in [2.45, 2.75) is 39.2 Å². The Morgan fingerprint density at radius 2 is 1.58 bits per heavy atom. The molecule has 2 aromatic carbocycles. The van der Waals surface area contributed by atoms with E-state index in [1.165, 1.54) is 5.56 Å². The number of aryl methyl sites for hydroxylation is 2. The average Bonchev–Trinajstić information content (AvgIpc) is 2.91. The number of amides is 2. The fourth-order valence-electron chi connectivity index (χ4n) is 4.53. The Balaban J connectivity index is 1.44. The number of carbonyl (C=O) groups excluding carboxylic acids is 2. The number of nitrogens with one attached hydrogen (secondary N) is 1. The Morgan fingerprint density at radius 1 is 0.944 bits per heavy atom. The van der Waals surface area contributed by atoms with E-state index in [-0.39, 0.29) is 17.7 Å². The lowest BCUT2D eigenvalue weighted by atomic mass is 9.89. The van der Waals surface area contributed by atoms with Gasteiger partial charge in [-0.1, -0.05) is 29.8 Å². The van der Waals surface area contributed by atoms with Gasteiger partial charge in [-0.05, 0) is 56.5 Å². The van der Waals surface area contributed by atoms with Gasteiger partial charge in [-0.15, -0.1) is 0 Å². The van der Waals surface area contributed by atoms with E-state index in [9.17, 15) is 9.59 Å². The van der Waals surface area contributed by atoms with Gasteiger partial charge in [0.2, 0.25) is 0 Å². The van der Waals surface area contributed by atoms with Crippen LogP contribution < -0.4 is 14.8 Å². The van der Waals surface area contributed by atoms with Crippen LogP contribution in [-0.4, -0.2) is 49.0 Å². The van der Waals surface area contributed by atoms with E-state index < -0.39 is 0 Å². The number of piperidine rings is 1. The van der Waals surface area contributed by atoms with E-state index in [1.807, 2.05) is 55.1 Å². The molecule has 4 rings (SSSR count). The maximum absolute atomic E-state index is 13.2. The van der Waals surface area contributed by atoms with Gasteiger partial charge in [0.1, 0.15) is 11.5 Å². The fraction of sp³-hybridized carbons (Fsp3) is 0.345. The topological polar surface area (TPSA) is 80.8 Å². The van der Waals surface area contributed by atoms with Gasteiger partial charge in [-0.3, -0.25) is 14.6 Å². The second-order valence-electron chi connectivity index (χ2n) is 9.22. The minimum absolute atomic E-state index is 0.0566. The van der Waals surface area contributed by atoms with Crippen LogP contribution in [0.3, 0.4) is 0 Å². The predicted molar refractivity (Wildman–Crippen MR) is 139 cm³/mol. The minimum Gasteiger partial charge on any atom is -0.497 e. The molecule has 0 spiro atoms. The van der Waals surface area contributed by atoms with Crippen molar-refractivity contribution < 1.29 is 19.1 Å². The quantitative estimate of drug-likeness (QED) is 0.524. The first-order valence-corrected chi connectivity index (χ1v) is 12.2. The van der Waals surface area contributed by atoms with E-state index in [0.29, 0.717) is 42.3 Å². The van der Waals surface area contributed by atoms with Crippen molar-refractivity contribution in [3.8, 4) is 11.5 Å². The summed E-state index contributed by atoms with van der Waals surface area (Å²) in [6.45, 7) is 5.61. The summed E-state index contributed by atoms with van der Waals surface area (Å²) < 4.78 is 10.6. The molecule has 7 nitrogen and oxygen atoms in total. The molecule has 1 aliphatic rings. The van der Waals surface area contributed by atoms with Gasteiger partial charge < -0.3 is 19.7 Å². The van der Waals surface area contributed by atoms with Gasteiger partial charge in [0, 0.05) is 42.9 Å². The second kappa shape index (κ2) is 11.2. The van der Waals surface area contributed by atoms with Crippen LogP contribution in [-0.2, 0) is 6.54 Å².